The Balaban J connectivity index is 2.16. The van der Waals surface area contributed by atoms with Crippen LogP contribution in [0.1, 0.15) is 34.6 Å². The SMILES string of the molecule is CC(=O)Nc1ccc(C(=O)[C@H](C)OC(=O)c2cc(S(N)(=O)=O)ccc2Cl)cc1. The van der Waals surface area contributed by atoms with E-state index in [9.17, 15) is 22.8 Å². The molecular formula is C18H17ClN2O6S. The van der Waals surface area contributed by atoms with Crippen molar-refractivity contribution in [3.05, 3.63) is 58.6 Å². The second-order valence-electron chi connectivity index (χ2n) is 5.86. The summed E-state index contributed by atoms with van der Waals surface area (Å²) in [5.41, 5.74) is 0.549. The van der Waals surface area contributed by atoms with Gasteiger partial charge in [0.25, 0.3) is 0 Å². The smallest absolute Gasteiger partial charge is 0.340 e. The second kappa shape index (κ2) is 8.51. The lowest BCUT2D eigenvalue weighted by Gasteiger charge is -2.14. The Bertz CT molecular complexity index is 1030. The van der Waals surface area contributed by atoms with Gasteiger partial charge in [-0.25, -0.2) is 18.4 Å². The van der Waals surface area contributed by atoms with Gasteiger partial charge in [-0.05, 0) is 49.4 Å². The van der Waals surface area contributed by atoms with Crippen molar-refractivity contribution < 1.29 is 27.5 Å². The maximum absolute atomic E-state index is 12.4. The van der Waals surface area contributed by atoms with Crippen LogP contribution in [0, 0.1) is 0 Å². The summed E-state index contributed by atoms with van der Waals surface area (Å²) >= 11 is 5.92. The Labute approximate surface area is 166 Å². The summed E-state index contributed by atoms with van der Waals surface area (Å²) in [6.07, 6.45) is -1.16. The monoisotopic (exact) mass is 424 g/mol. The molecule has 0 spiro atoms. The number of ketones is 1. The number of nitrogens with two attached hydrogens (primary N) is 1. The zero-order valence-electron chi connectivity index (χ0n) is 14.9. The summed E-state index contributed by atoms with van der Waals surface area (Å²) in [5.74, 6) is -1.70. The van der Waals surface area contributed by atoms with E-state index >= 15 is 0 Å². The van der Waals surface area contributed by atoms with Gasteiger partial charge in [0, 0.05) is 18.2 Å². The molecule has 8 nitrogen and oxygen atoms in total. The number of rotatable bonds is 6. The van der Waals surface area contributed by atoms with E-state index < -0.39 is 27.9 Å². The number of nitrogens with one attached hydrogen (secondary N) is 1. The number of esters is 1. The number of ether oxygens (including phenoxy) is 1. The molecule has 0 aliphatic carbocycles. The number of amides is 1. The number of carbonyl (C=O) groups excluding carboxylic acids is 3. The number of primary sulfonamides is 1. The topological polar surface area (TPSA) is 133 Å². The lowest BCUT2D eigenvalue weighted by molar-refractivity contribution is -0.114. The largest absolute Gasteiger partial charge is 0.451 e. The van der Waals surface area contributed by atoms with Crippen LogP contribution in [-0.4, -0.2) is 32.2 Å². The van der Waals surface area contributed by atoms with Gasteiger partial charge in [0.05, 0.1) is 15.5 Å². The molecule has 0 unspecified atom stereocenters. The van der Waals surface area contributed by atoms with Gasteiger partial charge in [-0.1, -0.05) is 11.6 Å². The highest BCUT2D eigenvalue weighted by Gasteiger charge is 2.23. The fraction of sp³-hybridized carbons (Fsp3) is 0.167. The molecule has 3 N–H and O–H groups in total. The number of halogens is 1. The van der Waals surface area contributed by atoms with Crippen molar-refractivity contribution in [2.45, 2.75) is 24.8 Å². The van der Waals surface area contributed by atoms with Gasteiger partial charge in [-0.3, -0.25) is 9.59 Å². The van der Waals surface area contributed by atoms with E-state index in [0.717, 1.165) is 12.1 Å². The third-order valence-corrected chi connectivity index (χ3v) is 4.87. The number of carbonyl (C=O) groups is 3. The highest BCUT2D eigenvalue weighted by atomic mass is 35.5. The molecular weight excluding hydrogens is 408 g/mol. The molecule has 10 heteroatoms. The van der Waals surface area contributed by atoms with Crippen LogP contribution in [0.15, 0.2) is 47.4 Å². The Kier molecular flexibility index (Phi) is 6.55. The first-order chi connectivity index (χ1) is 13.0. The average molecular weight is 425 g/mol. The van der Waals surface area contributed by atoms with Crippen LogP contribution in [0.25, 0.3) is 0 Å². The van der Waals surface area contributed by atoms with Crippen molar-refractivity contribution in [3.63, 3.8) is 0 Å². The number of anilines is 1. The predicted molar refractivity (Wildman–Crippen MR) is 103 cm³/mol. The van der Waals surface area contributed by atoms with Gasteiger partial charge in [0.2, 0.25) is 21.7 Å². The predicted octanol–water partition coefficient (Wildman–Crippen LogP) is 2.37. The van der Waals surface area contributed by atoms with Crippen LogP contribution < -0.4 is 10.5 Å². The third kappa shape index (κ3) is 5.38. The first-order valence-corrected chi connectivity index (χ1v) is 9.86. The van der Waals surface area contributed by atoms with Gasteiger partial charge in [-0.2, -0.15) is 0 Å². The standard InChI is InChI=1S/C18H17ClN2O6S/c1-10(17(23)12-3-5-13(6-4-12)21-11(2)22)27-18(24)15-9-14(28(20,25)26)7-8-16(15)19/h3-10H,1-2H3,(H,21,22)(H2,20,25,26)/t10-/m0/s1. The Morgan fingerprint density at radius 3 is 2.25 bits per heavy atom. The minimum atomic E-state index is -4.04. The molecule has 0 saturated heterocycles. The van der Waals surface area contributed by atoms with E-state index in [2.05, 4.69) is 5.32 Å². The third-order valence-electron chi connectivity index (χ3n) is 3.63. The van der Waals surface area contributed by atoms with Gasteiger partial charge in [-0.15, -0.1) is 0 Å². The maximum Gasteiger partial charge on any atom is 0.340 e. The maximum atomic E-state index is 12.4. The van der Waals surface area contributed by atoms with Crippen molar-refractivity contribution in [3.8, 4) is 0 Å². The van der Waals surface area contributed by atoms with Crippen molar-refractivity contribution in [2.75, 3.05) is 5.32 Å². The quantitative estimate of drug-likeness (QED) is 0.540. The van der Waals surface area contributed by atoms with Gasteiger partial charge in [0.15, 0.2) is 6.10 Å². The number of Topliss-reactive ketones (excluding diaryl/α,β-unsaturated/α-hetero) is 1. The summed E-state index contributed by atoms with van der Waals surface area (Å²) < 4.78 is 28.0. The molecule has 28 heavy (non-hydrogen) atoms. The number of sulfonamides is 1. The Morgan fingerprint density at radius 1 is 1.11 bits per heavy atom. The number of hydrogen-bond acceptors (Lipinski definition) is 6. The molecule has 0 radical (unpaired) electrons. The molecule has 0 saturated carbocycles. The number of hydrogen-bond donors (Lipinski definition) is 2. The molecule has 0 heterocycles. The minimum absolute atomic E-state index is 0.0447. The Morgan fingerprint density at radius 2 is 1.71 bits per heavy atom. The summed E-state index contributed by atoms with van der Waals surface area (Å²) in [6, 6.07) is 9.37. The average Bonchev–Trinajstić information content (AvgIpc) is 2.60. The molecule has 0 aliphatic rings. The zero-order chi connectivity index (χ0) is 21.1. The zero-order valence-corrected chi connectivity index (χ0v) is 16.5. The van der Waals surface area contributed by atoms with Crippen molar-refractivity contribution in [2.24, 2.45) is 5.14 Å². The minimum Gasteiger partial charge on any atom is -0.451 e. The highest BCUT2D eigenvalue weighted by molar-refractivity contribution is 7.89. The van der Waals surface area contributed by atoms with E-state index in [4.69, 9.17) is 21.5 Å². The van der Waals surface area contributed by atoms with Crippen LogP contribution in [0.5, 0.6) is 0 Å². The van der Waals surface area contributed by atoms with Crippen LogP contribution in [-0.2, 0) is 19.6 Å². The molecule has 1 atom stereocenters. The molecule has 2 aromatic carbocycles. The lowest BCUT2D eigenvalue weighted by Crippen LogP contribution is -2.25. The van der Waals surface area contributed by atoms with Crippen LogP contribution in [0.2, 0.25) is 5.02 Å². The summed E-state index contributed by atoms with van der Waals surface area (Å²) in [7, 11) is -4.04. The molecule has 0 fully saturated rings. The summed E-state index contributed by atoms with van der Waals surface area (Å²) in [5, 5.41) is 7.56. The van der Waals surface area contributed by atoms with Crippen molar-refractivity contribution >= 4 is 45.0 Å². The number of benzene rings is 2. The van der Waals surface area contributed by atoms with Crippen LogP contribution in [0.3, 0.4) is 0 Å². The van der Waals surface area contributed by atoms with E-state index in [-0.39, 0.29) is 27.0 Å². The van der Waals surface area contributed by atoms with E-state index in [0.29, 0.717) is 5.69 Å². The van der Waals surface area contributed by atoms with Crippen molar-refractivity contribution in [1.29, 1.82) is 0 Å². The molecule has 0 aromatic heterocycles. The van der Waals surface area contributed by atoms with E-state index in [1.807, 2.05) is 0 Å². The normalized spacial score (nSPS) is 12.1. The van der Waals surface area contributed by atoms with Gasteiger partial charge in [0.1, 0.15) is 0 Å². The van der Waals surface area contributed by atoms with E-state index in [1.165, 1.54) is 44.2 Å². The summed E-state index contributed by atoms with van der Waals surface area (Å²) in [4.78, 5) is 35.5. The van der Waals surface area contributed by atoms with E-state index in [1.54, 1.807) is 0 Å². The molecule has 0 bridgehead atoms. The fourth-order valence-corrected chi connectivity index (χ4v) is 3.01. The molecule has 2 rings (SSSR count). The summed E-state index contributed by atoms with van der Waals surface area (Å²) in [6.45, 7) is 2.73. The molecule has 0 aliphatic heterocycles. The molecule has 148 valence electrons. The van der Waals surface area contributed by atoms with Gasteiger partial charge < -0.3 is 10.1 Å². The molecule has 1 amide bonds. The Hall–Kier alpha value is -2.75. The van der Waals surface area contributed by atoms with Crippen LogP contribution >= 0.6 is 11.6 Å². The molecule has 2 aromatic rings. The van der Waals surface area contributed by atoms with Gasteiger partial charge >= 0.3 is 5.97 Å². The van der Waals surface area contributed by atoms with Crippen molar-refractivity contribution in [1.82, 2.24) is 0 Å². The first-order valence-electron chi connectivity index (χ1n) is 7.94. The van der Waals surface area contributed by atoms with Crippen LogP contribution in [0.4, 0.5) is 5.69 Å². The first kappa shape index (κ1) is 21.5. The fourth-order valence-electron chi connectivity index (χ4n) is 2.27. The second-order valence-corrected chi connectivity index (χ2v) is 7.83. The lowest BCUT2D eigenvalue weighted by atomic mass is 10.1. The highest BCUT2D eigenvalue weighted by Crippen LogP contribution is 2.22.